The number of ether oxygens (including phenoxy) is 1. The van der Waals surface area contributed by atoms with Gasteiger partial charge in [-0.1, -0.05) is 51.3 Å². The molecule has 0 heterocycles. The van der Waals surface area contributed by atoms with Gasteiger partial charge in [0.1, 0.15) is 5.75 Å². The van der Waals surface area contributed by atoms with Gasteiger partial charge in [-0.3, -0.25) is 4.79 Å². The molecule has 0 radical (unpaired) electrons. The van der Waals surface area contributed by atoms with Crippen LogP contribution in [0, 0.1) is 6.92 Å². The van der Waals surface area contributed by atoms with Crippen molar-refractivity contribution in [2.45, 2.75) is 18.4 Å². The van der Waals surface area contributed by atoms with Crippen LogP contribution in [0.5, 0.6) is 5.75 Å². The molecule has 3 aromatic carbocycles. The number of aryl methyl sites for hydroxylation is 1. The molecule has 0 bridgehead atoms. The fourth-order valence-electron chi connectivity index (χ4n) is 3.09. The number of hydrogen-bond donors (Lipinski definition) is 1. The third-order valence-corrected chi connectivity index (χ3v) is 7.68. The maximum atomic E-state index is 13.4. The van der Waals surface area contributed by atoms with E-state index in [9.17, 15) is 13.2 Å². The van der Waals surface area contributed by atoms with Crippen molar-refractivity contribution in [3.63, 3.8) is 0 Å². The summed E-state index contributed by atoms with van der Waals surface area (Å²) in [5.74, 6) is -0.0540. The van der Waals surface area contributed by atoms with Gasteiger partial charge in [0.25, 0.3) is 0 Å². The Labute approximate surface area is 211 Å². The van der Waals surface area contributed by atoms with Crippen molar-refractivity contribution in [3.05, 3.63) is 86.3 Å². The van der Waals surface area contributed by atoms with E-state index in [4.69, 9.17) is 27.9 Å². The van der Waals surface area contributed by atoms with Gasteiger partial charge in [0, 0.05) is 21.1 Å². The normalized spacial score (nSPS) is 11.5. The summed E-state index contributed by atoms with van der Waals surface area (Å²) in [5, 5.41) is 3.47. The van der Waals surface area contributed by atoms with Crippen molar-refractivity contribution in [2.75, 3.05) is 19.0 Å². The van der Waals surface area contributed by atoms with Gasteiger partial charge in [-0.15, -0.1) is 0 Å². The predicted octanol–water partition coefficient (Wildman–Crippen LogP) is 5.90. The quantitative estimate of drug-likeness (QED) is 0.365. The largest absolute Gasteiger partial charge is 0.495 e. The molecule has 0 aliphatic rings. The highest BCUT2D eigenvalue weighted by Crippen LogP contribution is 2.27. The Kier molecular flexibility index (Phi) is 8.42. The molecule has 0 aromatic heterocycles. The molecule has 0 aliphatic heterocycles. The first-order valence-corrected chi connectivity index (χ1v) is 12.7. The molecule has 1 amide bonds. The van der Waals surface area contributed by atoms with Crippen LogP contribution in [0.2, 0.25) is 10.0 Å². The van der Waals surface area contributed by atoms with Crippen molar-refractivity contribution in [3.8, 4) is 5.75 Å². The third-order valence-electron chi connectivity index (χ3n) is 4.76. The maximum absolute atomic E-state index is 13.4. The summed E-state index contributed by atoms with van der Waals surface area (Å²) in [7, 11) is -2.53. The van der Waals surface area contributed by atoms with Gasteiger partial charge in [0.05, 0.1) is 24.2 Å². The highest BCUT2D eigenvalue weighted by Gasteiger charge is 2.28. The van der Waals surface area contributed by atoms with Crippen LogP contribution in [0.3, 0.4) is 0 Å². The Balaban J connectivity index is 1.93. The molecular formula is C23H21BrCl2N2O4S. The van der Waals surface area contributed by atoms with Crippen LogP contribution in [0.15, 0.2) is 70.0 Å². The zero-order valence-electron chi connectivity index (χ0n) is 17.8. The summed E-state index contributed by atoms with van der Waals surface area (Å²) < 4.78 is 34.0. The fourth-order valence-corrected chi connectivity index (χ4v) is 5.20. The fraction of sp³-hybridized carbons (Fsp3) is 0.174. The summed E-state index contributed by atoms with van der Waals surface area (Å²) >= 11 is 15.6. The molecule has 0 saturated carbocycles. The maximum Gasteiger partial charge on any atom is 0.243 e. The molecule has 0 saturated heterocycles. The summed E-state index contributed by atoms with van der Waals surface area (Å²) in [4.78, 5) is 13.0. The van der Waals surface area contributed by atoms with Crippen LogP contribution >= 0.6 is 39.1 Å². The number of nitrogens with zero attached hydrogens (tertiary/aromatic N) is 1. The summed E-state index contributed by atoms with van der Waals surface area (Å²) in [6.45, 7) is 1.32. The molecule has 3 rings (SSSR count). The Morgan fingerprint density at radius 3 is 2.39 bits per heavy atom. The van der Waals surface area contributed by atoms with E-state index < -0.39 is 22.5 Å². The van der Waals surface area contributed by atoms with Crippen molar-refractivity contribution in [2.24, 2.45) is 0 Å². The number of sulfonamides is 1. The molecule has 3 aromatic rings. The molecule has 0 atom stereocenters. The Bertz CT molecular complexity index is 1270. The standard InChI is InChI=1S/C23H21BrCl2N2O4S/c1-15-3-10-22(32-2)21(11-15)27-23(29)14-28(13-16-4-7-18(25)12-20(16)26)33(30,31)19-8-5-17(24)6-9-19/h3-12H,13-14H2,1-2H3,(H,27,29). The predicted molar refractivity (Wildman–Crippen MR) is 135 cm³/mol. The van der Waals surface area contributed by atoms with Crippen LogP contribution in [-0.2, 0) is 21.4 Å². The van der Waals surface area contributed by atoms with E-state index >= 15 is 0 Å². The monoisotopic (exact) mass is 570 g/mol. The van der Waals surface area contributed by atoms with Crippen molar-refractivity contribution in [1.29, 1.82) is 0 Å². The highest BCUT2D eigenvalue weighted by atomic mass is 79.9. The minimum absolute atomic E-state index is 0.0525. The molecule has 6 nitrogen and oxygen atoms in total. The first-order valence-electron chi connectivity index (χ1n) is 9.74. The third kappa shape index (κ3) is 6.49. The Hall–Kier alpha value is -2.10. The summed E-state index contributed by atoms with van der Waals surface area (Å²) in [5.41, 5.74) is 1.88. The molecule has 1 N–H and O–H groups in total. The topological polar surface area (TPSA) is 75.7 Å². The van der Waals surface area contributed by atoms with E-state index in [0.717, 1.165) is 14.3 Å². The van der Waals surface area contributed by atoms with E-state index in [-0.39, 0.29) is 11.4 Å². The van der Waals surface area contributed by atoms with Gasteiger partial charge in [0.15, 0.2) is 0 Å². The highest BCUT2D eigenvalue weighted by molar-refractivity contribution is 9.10. The molecule has 0 fully saturated rings. The smallest absolute Gasteiger partial charge is 0.243 e. The minimum Gasteiger partial charge on any atom is -0.495 e. The number of benzene rings is 3. The van der Waals surface area contributed by atoms with Crippen LogP contribution in [0.1, 0.15) is 11.1 Å². The summed E-state index contributed by atoms with van der Waals surface area (Å²) in [6.07, 6.45) is 0. The van der Waals surface area contributed by atoms with E-state index in [1.165, 1.54) is 25.3 Å². The molecule has 10 heteroatoms. The van der Waals surface area contributed by atoms with Crippen LogP contribution in [-0.4, -0.2) is 32.3 Å². The number of methoxy groups -OCH3 is 1. The number of carbonyl (C=O) groups is 1. The van der Waals surface area contributed by atoms with E-state index in [1.807, 2.05) is 13.0 Å². The number of carbonyl (C=O) groups excluding carboxylic acids is 1. The average Bonchev–Trinajstić information content (AvgIpc) is 2.75. The van der Waals surface area contributed by atoms with Gasteiger partial charge in [0.2, 0.25) is 15.9 Å². The Morgan fingerprint density at radius 2 is 1.76 bits per heavy atom. The van der Waals surface area contributed by atoms with Crippen molar-refractivity contribution >= 4 is 60.7 Å². The lowest BCUT2D eigenvalue weighted by molar-refractivity contribution is -0.116. The SMILES string of the molecule is COc1ccc(C)cc1NC(=O)CN(Cc1ccc(Cl)cc1Cl)S(=O)(=O)c1ccc(Br)cc1. The van der Waals surface area contributed by atoms with Gasteiger partial charge >= 0.3 is 0 Å². The molecule has 0 aliphatic carbocycles. The van der Waals surface area contributed by atoms with E-state index in [2.05, 4.69) is 21.2 Å². The molecule has 33 heavy (non-hydrogen) atoms. The van der Waals surface area contributed by atoms with Crippen LogP contribution in [0.4, 0.5) is 5.69 Å². The number of hydrogen-bond acceptors (Lipinski definition) is 4. The first-order chi connectivity index (χ1) is 15.6. The van der Waals surface area contributed by atoms with Crippen molar-refractivity contribution < 1.29 is 17.9 Å². The number of rotatable bonds is 8. The number of halogens is 3. The number of amides is 1. The molecule has 174 valence electrons. The minimum atomic E-state index is -4.03. The molecular weight excluding hydrogens is 551 g/mol. The van der Waals surface area contributed by atoms with Crippen LogP contribution in [0.25, 0.3) is 0 Å². The zero-order valence-corrected chi connectivity index (χ0v) is 21.7. The first kappa shape index (κ1) is 25.5. The van der Waals surface area contributed by atoms with Gasteiger partial charge in [-0.2, -0.15) is 4.31 Å². The lowest BCUT2D eigenvalue weighted by Crippen LogP contribution is -2.37. The summed E-state index contributed by atoms with van der Waals surface area (Å²) in [6, 6.07) is 16.3. The van der Waals surface area contributed by atoms with E-state index in [1.54, 1.807) is 36.4 Å². The molecule has 0 unspecified atom stereocenters. The van der Waals surface area contributed by atoms with Gasteiger partial charge < -0.3 is 10.1 Å². The lowest BCUT2D eigenvalue weighted by atomic mass is 10.2. The number of nitrogens with one attached hydrogen (secondary N) is 1. The average molecular weight is 572 g/mol. The van der Waals surface area contributed by atoms with E-state index in [0.29, 0.717) is 27.0 Å². The second-order valence-corrected chi connectivity index (χ2v) is 10.9. The van der Waals surface area contributed by atoms with Gasteiger partial charge in [-0.05, 0) is 66.6 Å². The lowest BCUT2D eigenvalue weighted by Gasteiger charge is -2.23. The van der Waals surface area contributed by atoms with Gasteiger partial charge in [-0.25, -0.2) is 8.42 Å². The van der Waals surface area contributed by atoms with Crippen LogP contribution < -0.4 is 10.1 Å². The zero-order chi connectivity index (χ0) is 24.2. The Morgan fingerprint density at radius 1 is 1.06 bits per heavy atom. The second kappa shape index (κ2) is 10.9. The second-order valence-electron chi connectivity index (χ2n) is 7.21. The molecule has 0 spiro atoms. The number of anilines is 1. The van der Waals surface area contributed by atoms with Crippen molar-refractivity contribution in [1.82, 2.24) is 4.31 Å².